The fourth-order valence-electron chi connectivity index (χ4n) is 3.28. The zero-order valence-electron chi connectivity index (χ0n) is 15.1. The minimum absolute atomic E-state index is 0.0721. The lowest BCUT2D eigenvalue weighted by atomic mass is 10.1. The third kappa shape index (κ3) is 3.64. The van der Waals surface area contributed by atoms with E-state index in [1.807, 2.05) is 36.1 Å². The molecule has 0 bridgehead atoms. The molecule has 1 aliphatic heterocycles. The van der Waals surface area contributed by atoms with Gasteiger partial charge in [0.15, 0.2) is 5.82 Å². The van der Waals surface area contributed by atoms with Crippen molar-refractivity contribution in [1.82, 2.24) is 15.1 Å². The van der Waals surface area contributed by atoms with Gasteiger partial charge < -0.3 is 14.5 Å². The lowest BCUT2D eigenvalue weighted by Gasteiger charge is -2.35. The van der Waals surface area contributed by atoms with E-state index in [1.54, 1.807) is 0 Å². The Kier molecular flexibility index (Phi) is 4.73. The largest absolute Gasteiger partial charge is 0.494 e. The standard InChI is InChI=1S/C20H24N4O2/c1-2-26-17-7-5-16(6-8-17)20(25)24-13-11-23(12-14-24)19-10-9-18(21-22-19)15-3-4-15/h5-10,15H,2-4,11-14H2,1H3. The lowest BCUT2D eigenvalue weighted by Crippen LogP contribution is -2.49. The van der Waals surface area contributed by atoms with Crippen molar-refractivity contribution < 1.29 is 9.53 Å². The summed E-state index contributed by atoms with van der Waals surface area (Å²) in [6.07, 6.45) is 2.47. The molecule has 6 heteroatoms. The van der Waals surface area contributed by atoms with Gasteiger partial charge in [0.2, 0.25) is 0 Å². The third-order valence-electron chi connectivity index (χ3n) is 4.97. The van der Waals surface area contributed by atoms with E-state index in [0.29, 0.717) is 31.2 Å². The van der Waals surface area contributed by atoms with Gasteiger partial charge in [-0.05, 0) is 56.2 Å². The van der Waals surface area contributed by atoms with Gasteiger partial charge in [-0.3, -0.25) is 4.79 Å². The molecular formula is C20H24N4O2. The molecule has 0 N–H and O–H groups in total. The molecule has 136 valence electrons. The van der Waals surface area contributed by atoms with Crippen LogP contribution >= 0.6 is 0 Å². The Labute approximate surface area is 153 Å². The summed E-state index contributed by atoms with van der Waals surface area (Å²) in [5, 5.41) is 8.73. The summed E-state index contributed by atoms with van der Waals surface area (Å²) in [5.74, 6) is 2.40. The molecule has 1 aliphatic carbocycles. The first-order valence-corrected chi connectivity index (χ1v) is 9.35. The van der Waals surface area contributed by atoms with E-state index in [4.69, 9.17) is 4.74 Å². The molecule has 1 aromatic heterocycles. The third-order valence-corrected chi connectivity index (χ3v) is 4.97. The molecule has 0 radical (unpaired) electrons. The van der Waals surface area contributed by atoms with Crippen LogP contribution in [0.3, 0.4) is 0 Å². The van der Waals surface area contributed by atoms with Crippen LogP contribution in [0.4, 0.5) is 5.82 Å². The first-order valence-electron chi connectivity index (χ1n) is 9.35. The molecule has 6 nitrogen and oxygen atoms in total. The van der Waals surface area contributed by atoms with Crippen molar-refractivity contribution >= 4 is 11.7 Å². The van der Waals surface area contributed by atoms with Crippen LogP contribution in [0, 0.1) is 0 Å². The Hall–Kier alpha value is -2.63. The molecule has 2 aromatic rings. The summed E-state index contributed by atoms with van der Waals surface area (Å²) < 4.78 is 5.43. The second kappa shape index (κ2) is 7.32. The molecule has 1 saturated heterocycles. The maximum absolute atomic E-state index is 12.7. The number of nitrogens with zero attached hydrogens (tertiary/aromatic N) is 4. The Bertz CT molecular complexity index is 748. The number of hydrogen-bond acceptors (Lipinski definition) is 5. The minimum Gasteiger partial charge on any atom is -0.494 e. The van der Waals surface area contributed by atoms with Crippen LogP contribution in [-0.4, -0.2) is 53.8 Å². The van der Waals surface area contributed by atoms with Crippen LogP contribution in [0.1, 0.15) is 41.7 Å². The highest BCUT2D eigenvalue weighted by molar-refractivity contribution is 5.94. The first-order chi connectivity index (χ1) is 12.7. The Morgan fingerprint density at radius 1 is 1.04 bits per heavy atom. The number of rotatable bonds is 5. The highest BCUT2D eigenvalue weighted by Crippen LogP contribution is 2.38. The van der Waals surface area contributed by atoms with Crippen molar-refractivity contribution in [3.63, 3.8) is 0 Å². The number of carbonyl (C=O) groups excluding carboxylic acids is 1. The van der Waals surface area contributed by atoms with Gasteiger partial charge in [0, 0.05) is 37.7 Å². The summed E-state index contributed by atoms with van der Waals surface area (Å²) in [5.41, 5.74) is 1.81. The van der Waals surface area contributed by atoms with Gasteiger partial charge >= 0.3 is 0 Å². The van der Waals surface area contributed by atoms with Gasteiger partial charge in [-0.1, -0.05) is 0 Å². The number of piperazine rings is 1. The van der Waals surface area contributed by atoms with E-state index in [2.05, 4.69) is 27.2 Å². The van der Waals surface area contributed by atoms with Gasteiger partial charge in [-0.2, -0.15) is 5.10 Å². The van der Waals surface area contributed by atoms with Crippen LogP contribution in [0.5, 0.6) is 5.75 Å². The molecule has 1 amide bonds. The summed E-state index contributed by atoms with van der Waals surface area (Å²) in [6, 6.07) is 11.5. The zero-order chi connectivity index (χ0) is 17.9. The van der Waals surface area contributed by atoms with Crippen LogP contribution in [0.15, 0.2) is 36.4 Å². The van der Waals surface area contributed by atoms with E-state index >= 15 is 0 Å². The van der Waals surface area contributed by atoms with Gasteiger partial charge in [-0.15, -0.1) is 5.10 Å². The van der Waals surface area contributed by atoms with Gasteiger partial charge in [0.1, 0.15) is 5.75 Å². The molecule has 2 fully saturated rings. The summed E-state index contributed by atoms with van der Waals surface area (Å²) >= 11 is 0. The number of aromatic nitrogens is 2. The highest BCUT2D eigenvalue weighted by atomic mass is 16.5. The average Bonchev–Trinajstić information content (AvgIpc) is 3.54. The first kappa shape index (κ1) is 16.8. The molecule has 0 atom stereocenters. The topological polar surface area (TPSA) is 58.6 Å². The molecule has 2 heterocycles. The monoisotopic (exact) mass is 352 g/mol. The summed E-state index contributed by atoms with van der Waals surface area (Å²) in [4.78, 5) is 16.8. The maximum atomic E-state index is 12.7. The maximum Gasteiger partial charge on any atom is 0.253 e. The van der Waals surface area contributed by atoms with Crippen molar-refractivity contribution in [2.45, 2.75) is 25.7 Å². The number of carbonyl (C=O) groups is 1. The van der Waals surface area contributed by atoms with Crippen LogP contribution < -0.4 is 9.64 Å². The Morgan fingerprint density at radius 3 is 2.35 bits per heavy atom. The summed E-state index contributed by atoms with van der Waals surface area (Å²) in [6.45, 7) is 5.51. The molecule has 26 heavy (non-hydrogen) atoms. The van der Waals surface area contributed by atoms with E-state index in [-0.39, 0.29) is 5.91 Å². The van der Waals surface area contributed by atoms with E-state index in [9.17, 15) is 4.79 Å². The highest BCUT2D eigenvalue weighted by Gasteiger charge is 2.26. The zero-order valence-corrected chi connectivity index (χ0v) is 15.1. The van der Waals surface area contributed by atoms with Crippen molar-refractivity contribution in [2.24, 2.45) is 0 Å². The average molecular weight is 352 g/mol. The molecule has 0 unspecified atom stereocenters. The lowest BCUT2D eigenvalue weighted by molar-refractivity contribution is 0.0746. The van der Waals surface area contributed by atoms with Crippen LogP contribution in [0.25, 0.3) is 0 Å². The van der Waals surface area contributed by atoms with Crippen molar-refractivity contribution in [1.29, 1.82) is 0 Å². The SMILES string of the molecule is CCOc1ccc(C(=O)N2CCN(c3ccc(C4CC4)nn3)CC2)cc1. The number of benzene rings is 1. The molecule has 0 spiro atoms. The number of amides is 1. The molecule has 1 aromatic carbocycles. The van der Waals surface area contributed by atoms with E-state index in [1.165, 1.54) is 12.8 Å². The quantitative estimate of drug-likeness (QED) is 0.828. The second-order valence-electron chi connectivity index (χ2n) is 6.83. The number of ether oxygens (including phenoxy) is 1. The predicted molar refractivity (Wildman–Crippen MR) is 99.7 cm³/mol. The van der Waals surface area contributed by atoms with Crippen molar-refractivity contribution in [3.8, 4) is 5.75 Å². The fourth-order valence-corrected chi connectivity index (χ4v) is 3.28. The number of anilines is 1. The molecule has 1 saturated carbocycles. The Balaban J connectivity index is 1.34. The molecule has 4 rings (SSSR count). The summed E-state index contributed by atoms with van der Waals surface area (Å²) in [7, 11) is 0. The molecular weight excluding hydrogens is 328 g/mol. The van der Waals surface area contributed by atoms with Crippen molar-refractivity contribution in [2.75, 3.05) is 37.7 Å². The molecule has 2 aliphatic rings. The predicted octanol–water partition coefficient (Wildman–Crippen LogP) is 2.72. The van der Waals surface area contributed by atoms with Gasteiger partial charge in [0.05, 0.1) is 12.3 Å². The van der Waals surface area contributed by atoms with Gasteiger partial charge in [-0.25, -0.2) is 0 Å². The van der Waals surface area contributed by atoms with E-state index in [0.717, 1.165) is 30.4 Å². The fraction of sp³-hybridized carbons (Fsp3) is 0.450. The van der Waals surface area contributed by atoms with Gasteiger partial charge in [0.25, 0.3) is 5.91 Å². The van der Waals surface area contributed by atoms with Crippen LogP contribution in [-0.2, 0) is 0 Å². The Morgan fingerprint density at radius 2 is 1.77 bits per heavy atom. The smallest absolute Gasteiger partial charge is 0.253 e. The minimum atomic E-state index is 0.0721. The van der Waals surface area contributed by atoms with Crippen molar-refractivity contribution in [3.05, 3.63) is 47.7 Å². The normalized spacial score (nSPS) is 17.3. The number of hydrogen-bond donors (Lipinski definition) is 0. The second-order valence-corrected chi connectivity index (χ2v) is 6.83. The van der Waals surface area contributed by atoms with Crippen LogP contribution in [0.2, 0.25) is 0 Å². The van der Waals surface area contributed by atoms with E-state index < -0.39 is 0 Å².